The van der Waals surface area contributed by atoms with E-state index < -0.39 is 113 Å². The van der Waals surface area contributed by atoms with Crippen molar-refractivity contribution in [3.05, 3.63) is 172 Å². The third-order valence-corrected chi connectivity index (χ3v) is 20.1. The Kier molecular flexibility index (Phi) is 23.2. The first kappa shape index (κ1) is 69.6. The molecule has 0 saturated carbocycles. The minimum atomic E-state index is -1.47. The van der Waals surface area contributed by atoms with Crippen molar-refractivity contribution in [2.45, 2.75) is 137 Å². The molecule has 2 aliphatic heterocycles. The van der Waals surface area contributed by atoms with E-state index in [9.17, 15) is 42.7 Å². The number of carbonyl (C=O) groups excluding carboxylic acids is 9. The lowest BCUT2D eigenvalue weighted by molar-refractivity contribution is -0.146. The number of aryl methyl sites for hydroxylation is 1. The summed E-state index contributed by atoms with van der Waals surface area (Å²) in [4.78, 5) is 137. The van der Waals surface area contributed by atoms with Crippen molar-refractivity contribution in [3.8, 4) is 5.75 Å². The molecule has 9 amide bonds. The van der Waals surface area contributed by atoms with Crippen LogP contribution in [-0.2, 0) is 70.8 Å². The molecule has 7 atom stereocenters. The van der Waals surface area contributed by atoms with Gasteiger partial charge in [0.15, 0.2) is 5.78 Å². The van der Waals surface area contributed by atoms with Crippen LogP contribution in [0.1, 0.15) is 114 Å². The average molecular weight is 1350 g/mol. The number of hydrogen-bond acceptors (Lipinski definition) is 13. The number of nitrogens with one attached hydrogen (secondary N) is 9. The van der Waals surface area contributed by atoms with Crippen molar-refractivity contribution < 1.29 is 57.0 Å². The zero-order chi connectivity index (χ0) is 68.0. The fourth-order valence-electron chi connectivity index (χ4n) is 12.8. The van der Waals surface area contributed by atoms with Crippen LogP contribution in [0.5, 0.6) is 5.75 Å². The van der Waals surface area contributed by atoms with E-state index in [1.807, 2.05) is 24.3 Å². The second-order valence-electron chi connectivity index (χ2n) is 24.9. The molecule has 7 aromatic rings. The zero-order valence-electron chi connectivity index (χ0n) is 53.2. The molecule has 2 aromatic heterocycles. The Balaban J connectivity index is 0.971. The molecular formula is C70H80F2N12O10S2. The molecule has 14 N–H and O–H groups in total. The maximum absolute atomic E-state index is 15.4. The number of nitrogens with two attached hydrogens (primary N) is 2. The van der Waals surface area contributed by atoms with Crippen LogP contribution in [0, 0.1) is 11.6 Å². The third kappa shape index (κ3) is 17.6. The van der Waals surface area contributed by atoms with Gasteiger partial charge in [-0.15, -0.1) is 0 Å². The summed E-state index contributed by atoms with van der Waals surface area (Å²) >= 11 is 2.88. The summed E-state index contributed by atoms with van der Waals surface area (Å²) in [5.41, 5.74) is 16.2. The number of primary amides is 1. The molecule has 506 valence electrons. The maximum Gasteiger partial charge on any atom is 0.315 e. The van der Waals surface area contributed by atoms with Gasteiger partial charge in [0.25, 0.3) is 0 Å². The smallest absolute Gasteiger partial charge is 0.315 e. The Hall–Kier alpha value is -9.27. The molecular weight excluding hydrogens is 1270 g/mol. The van der Waals surface area contributed by atoms with E-state index in [1.54, 1.807) is 55.7 Å². The summed E-state index contributed by atoms with van der Waals surface area (Å²) in [6, 6.07) is 19.4. The molecule has 0 spiro atoms. The van der Waals surface area contributed by atoms with Gasteiger partial charge < -0.3 is 68.7 Å². The fraction of sp³-hybridized carbons (Fsp3) is 0.386. The van der Waals surface area contributed by atoms with Gasteiger partial charge in [-0.25, -0.2) is 13.6 Å². The van der Waals surface area contributed by atoms with Crippen LogP contribution in [0.4, 0.5) is 13.6 Å². The summed E-state index contributed by atoms with van der Waals surface area (Å²) in [7, 11) is 0. The molecule has 1 aliphatic carbocycles. The fourth-order valence-corrected chi connectivity index (χ4v) is 14.7. The summed E-state index contributed by atoms with van der Waals surface area (Å²) in [5, 5.41) is 30.9. The molecule has 1 fully saturated rings. The van der Waals surface area contributed by atoms with Crippen molar-refractivity contribution in [3.63, 3.8) is 0 Å². The van der Waals surface area contributed by atoms with Crippen LogP contribution in [0.3, 0.4) is 0 Å². The molecule has 3 aliphatic rings. The standard InChI is InChI=1S/C70H80F2N12O10S2/c1-70-23-6-25-84(70)67(92)59(28-40-12-18-49(85)19-13-40)83-69(94)82-55-11-5-9-43-14-15-44(29-50(43)55)63(88)57(30-45-34-75-53-20-16-47(71)32-51(45)53)80-66(91)58(31-46-35-76-54-21-17-48(72)33-52(46)54)79-62(87)36-77-65(90)56(10-2-3-24-73)78-61(86)22-26-95-37-41-7-4-8-42(27-41)38-96-39-60(64(74)89)81-68(70)93/h4,7-8,12-21,27,29,32-35,55-60,75-76,85H,2-3,5-6,9-11,22-26,28,30-31,36-39,73H2,1H3,(H2,74,89)(H,77,90)(H,78,86)(H,79,87)(H,80,91)(H,81,93)(H2,82,83,94)/t55-,56+,57+,58+,59+,60+,70+/m1/s1. The molecule has 0 unspecified atom stereocenters. The predicted octanol–water partition coefficient (Wildman–Crippen LogP) is 6.21. The van der Waals surface area contributed by atoms with Gasteiger partial charge in [-0.1, -0.05) is 48.5 Å². The summed E-state index contributed by atoms with van der Waals surface area (Å²) in [6.07, 6.45) is 6.29. The average Bonchev–Trinajstić information content (AvgIpc) is 1.50. The first-order valence-corrected chi connectivity index (χ1v) is 34.6. The number of urea groups is 1. The van der Waals surface area contributed by atoms with Gasteiger partial charge in [0.05, 0.1) is 18.6 Å². The third-order valence-electron chi connectivity index (χ3n) is 18.0. The van der Waals surface area contributed by atoms with Gasteiger partial charge in [-0.2, -0.15) is 23.5 Å². The lowest BCUT2D eigenvalue weighted by atomic mass is 9.85. The number of aromatic amines is 2. The number of rotatable bonds is 11. The highest BCUT2D eigenvalue weighted by molar-refractivity contribution is 7.98. The second kappa shape index (κ2) is 32.0. The molecule has 0 radical (unpaired) electrons. The van der Waals surface area contributed by atoms with E-state index in [0.717, 1.165) is 16.7 Å². The number of phenolic OH excluding ortho intramolecular Hbond substituents is 1. The number of amides is 9. The van der Waals surface area contributed by atoms with Crippen LogP contribution in [0.25, 0.3) is 21.8 Å². The number of aromatic nitrogens is 2. The van der Waals surface area contributed by atoms with E-state index in [4.69, 9.17) is 11.5 Å². The van der Waals surface area contributed by atoms with Crippen LogP contribution in [-0.4, -0.2) is 140 Å². The SMILES string of the molecule is C[C@@]12CCCN1C(=O)[C@H](Cc1ccc(O)cc1)NC(=O)N[C@@H]1CCCc3ccc(cc31)C(=O)[C@H](Cc1c[nH]c3ccc(F)cc13)NC(=O)[C@H](Cc1c[nH]c3ccc(F)cc13)NC(=O)CNC(=O)[C@H](CCCCN)NC(=O)CCSCc1cccc(c1)CSC[C@@H](C(N)=O)NC2=O. The van der Waals surface area contributed by atoms with E-state index in [0.29, 0.717) is 106 Å². The second-order valence-corrected chi connectivity index (χ2v) is 27.1. The molecule has 1 saturated heterocycles. The Bertz CT molecular complexity index is 4040. The first-order valence-electron chi connectivity index (χ1n) is 32.3. The highest BCUT2D eigenvalue weighted by Crippen LogP contribution is 2.34. The first-order chi connectivity index (χ1) is 46.2. The van der Waals surface area contributed by atoms with Crippen molar-refractivity contribution in [1.82, 2.24) is 52.1 Å². The van der Waals surface area contributed by atoms with Crippen LogP contribution in [0.2, 0.25) is 0 Å². The van der Waals surface area contributed by atoms with E-state index in [1.165, 1.54) is 70.9 Å². The Labute approximate surface area is 562 Å². The number of ketones is 1. The number of hydrogen-bond donors (Lipinski definition) is 12. The lowest BCUT2D eigenvalue weighted by Crippen LogP contribution is -2.62. The number of nitrogens with zero attached hydrogens (tertiary/aromatic N) is 1. The molecule has 22 nitrogen and oxygen atoms in total. The lowest BCUT2D eigenvalue weighted by Gasteiger charge is -2.37. The van der Waals surface area contributed by atoms with E-state index >= 15 is 14.4 Å². The zero-order valence-corrected chi connectivity index (χ0v) is 54.8. The van der Waals surface area contributed by atoms with Crippen LogP contribution < -0.4 is 48.7 Å². The number of halogens is 2. The maximum atomic E-state index is 15.4. The van der Waals surface area contributed by atoms with Crippen LogP contribution >= 0.6 is 23.5 Å². The number of aromatic hydroxyl groups is 1. The van der Waals surface area contributed by atoms with E-state index in [-0.39, 0.29) is 62.1 Å². The van der Waals surface area contributed by atoms with Gasteiger partial charge in [0, 0.05) is 95.0 Å². The number of fused-ring (bicyclic) bond motifs is 6. The number of unbranched alkanes of at least 4 members (excludes halogenated alkanes) is 1. The van der Waals surface area contributed by atoms with Crippen molar-refractivity contribution in [1.29, 1.82) is 0 Å². The summed E-state index contributed by atoms with van der Waals surface area (Å²) in [5.74, 6) is -4.85. The topological polar surface area (TPSA) is 345 Å². The normalized spacial score (nSPS) is 22.8. The summed E-state index contributed by atoms with van der Waals surface area (Å²) < 4.78 is 29.8. The van der Waals surface area contributed by atoms with E-state index in [2.05, 4.69) is 47.2 Å². The number of benzene rings is 5. The molecule has 96 heavy (non-hydrogen) atoms. The number of H-pyrrole nitrogens is 2. The Morgan fingerprint density at radius 1 is 0.677 bits per heavy atom. The Morgan fingerprint density at radius 3 is 2.04 bits per heavy atom. The molecule has 4 heterocycles. The summed E-state index contributed by atoms with van der Waals surface area (Å²) in [6.45, 7) is 1.47. The molecule has 5 aromatic carbocycles. The van der Waals surface area contributed by atoms with Crippen molar-refractivity contribution in [2.75, 3.05) is 31.1 Å². The predicted molar refractivity (Wildman–Crippen MR) is 363 cm³/mol. The van der Waals surface area contributed by atoms with Gasteiger partial charge in [-0.3, -0.25) is 38.4 Å². The largest absolute Gasteiger partial charge is 0.508 e. The molecule has 26 heteroatoms. The van der Waals surface area contributed by atoms with Gasteiger partial charge in [-0.05, 0) is 158 Å². The molecule has 4 bridgehead atoms. The Morgan fingerprint density at radius 2 is 1.35 bits per heavy atom. The highest BCUT2D eigenvalue weighted by Gasteiger charge is 2.48. The molecule has 10 rings (SSSR count). The minimum absolute atomic E-state index is 0.0178. The van der Waals surface area contributed by atoms with Crippen molar-refractivity contribution >= 4 is 98.5 Å². The minimum Gasteiger partial charge on any atom is -0.508 e. The van der Waals surface area contributed by atoms with Crippen molar-refractivity contribution in [2.24, 2.45) is 11.5 Å². The number of thioether (sulfide) groups is 2. The quantitative estimate of drug-likeness (QED) is 0.0642. The number of phenols is 1. The highest BCUT2D eigenvalue weighted by atomic mass is 32.2. The number of Topliss-reactive ketones (excluding diaryl/α,β-unsaturated/α-hetero) is 1. The van der Waals surface area contributed by atoms with Gasteiger partial charge in [0.1, 0.15) is 47.1 Å². The monoisotopic (exact) mass is 1350 g/mol. The van der Waals surface area contributed by atoms with Gasteiger partial charge in [0.2, 0.25) is 41.4 Å². The number of carbonyl (C=O) groups is 9. The van der Waals surface area contributed by atoms with Crippen LogP contribution in [0.15, 0.2) is 116 Å². The van der Waals surface area contributed by atoms with Gasteiger partial charge >= 0.3 is 6.03 Å².